The summed E-state index contributed by atoms with van der Waals surface area (Å²) in [6, 6.07) is 10.8. The van der Waals surface area contributed by atoms with Crippen LogP contribution in [0.25, 0.3) is 0 Å². The van der Waals surface area contributed by atoms with Crippen LogP contribution in [0.1, 0.15) is 17.3 Å². The van der Waals surface area contributed by atoms with Gasteiger partial charge in [0.1, 0.15) is 5.82 Å². The Morgan fingerprint density at radius 2 is 1.65 bits per heavy atom. The predicted molar refractivity (Wildman–Crippen MR) is 102 cm³/mol. The third kappa shape index (κ3) is 4.58. The molecular formula is C19H23N5O2. The van der Waals surface area contributed by atoms with Crippen molar-refractivity contribution in [1.29, 1.82) is 0 Å². The number of hydrogen-bond acceptors (Lipinski definition) is 5. The van der Waals surface area contributed by atoms with Gasteiger partial charge in [-0.25, -0.2) is 4.98 Å². The third-order valence-electron chi connectivity index (χ3n) is 4.28. The van der Waals surface area contributed by atoms with Crippen molar-refractivity contribution in [3.8, 4) is 0 Å². The highest BCUT2D eigenvalue weighted by Crippen LogP contribution is 2.19. The predicted octanol–water partition coefficient (Wildman–Crippen LogP) is 2.17. The molecule has 0 unspecified atom stereocenters. The first kappa shape index (κ1) is 17.9. The second-order valence-corrected chi connectivity index (χ2v) is 6.41. The molecule has 1 fully saturated rings. The van der Waals surface area contributed by atoms with E-state index in [9.17, 15) is 9.59 Å². The van der Waals surface area contributed by atoms with Crippen LogP contribution in [0.15, 0.2) is 42.6 Å². The molecular weight excluding hydrogens is 330 g/mol. The topological polar surface area (TPSA) is 77.6 Å². The minimum Gasteiger partial charge on any atom is -0.340 e. The lowest BCUT2D eigenvalue weighted by molar-refractivity contribution is -0.114. The lowest BCUT2D eigenvalue weighted by atomic mass is 10.2. The van der Waals surface area contributed by atoms with Gasteiger partial charge in [0.15, 0.2) is 0 Å². The second kappa shape index (κ2) is 7.97. The Kier molecular flexibility index (Phi) is 5.48. The molecule has 3 rings (SSSR count). The quantitative estimate of drug-likeness (QED) is 0.881. The molecule has 26 heavy (non-hydrogen) atoms. The van der Waals surface area contributed by atoms with Gasteiger partial charge in [-0.05, 0) is 43.4 Å². The summed E-state index contributed by atoms with van der Waals surface area (Å²) in [7, 11) is 2.06. The summed E-state index contributed by atoms with van der Waals surface area (Å²) in [4.78, 5) is 32.1. The number of rotatable bonds is 4. The number of carbonyl (C=O) groups is 2. The fourth-order valence-corrected chi connectivity index (χ4v) is 2.81. The highest BCUT2D eigenvalue weighted by atomic mass is 16.2. The SMILES string of the molecule is CC(=O)Nc1ccc(Nc2cc(C(=O)N3CCN(C)CC3)ccn2)cc1. The van der Waals surface area contributed by atoms with Crippen molar-refractivity contribution in [2.45, 2.75) is 6.92 Å². The number of benzene rings is 1. The van der Waals surface area contributed by atoms with Crippen molar-refractivity contribution < 1.29 is 9.59 Å². The third-order valence-corrected chi connectivity index (χ3v) is 4.28. The number of anilines is 3. The number of hydrogen-bond donors (Lipinski definition) is 2. The van der Waals surface area contributed by atoms with E-state index in [4.69, 9.17) is 0 Å². The van der Waals surface area contributed by atoms with E-state index in [1.165, 1.54) is 6.92 Å². The fourth-order valence-electron chi connectivity index (χ4n) is 2.81. The minimum absolute atomic E-state index is 0.0320. The standard InChI is InChI=1S/C19H23N5O2/c1-14(25)21-16-3-5-17(6-4-16)22-18-13-15(7-8-20-18)19(26)24-11-9-23(2)10-12-24/h3-8,13H,9-12H2,1-2H3,(H,20,22)(H,21,25). The number of nitrogens with one attached hydrogen (secondary N) is 2. The van der Waals surface area contributed by atoms with Crippen LogP contribution < -0.4 is 10.6 Å². The highest BCUT2D eigenvalue weighted by Gasteiger charge is 2.20. The first-order valence-corrected chi connectivity index (χ1v) is 8.60. The molecule has 2 heterocycles. The summed E-state index contributed by atoms with van der Waals surface area (Å²) < 4.78 is 0. The van der Waals surface area contributed by atoms with Crippen LogP contribution in [-0.2, 0) is 4.79 Å². The Balaban J connectivity index is 1.67. The Bertz CT molecular complexity index is 783. The molecule has 0 radical (unpaired) electrons. The highest BCUT2D eigenvalue weighted by molar-refractivity contribution is 5.95. The molecule has 0 atom stereocenters. The van der Waals surface area contributed by atoms with Crippen molar-refractivity contribution in [2.24, 2.45) is 0 Å². The number of aromatic nitrogens is 1. The molecule has 7 nitrogen and oxygen atoms in total. The van der Waals surface area contributed by atoms with E-state index in [-0.39, 0.29) is 11.8 Å². The molecule has 2 aromatic rings. The zero-order valence-corrected chi connectivity index (χ0v) is 15.0. The van der Waals surface area contributed by atoms with Gasteiger partial charge in [-0.3, -0.25) is 9.59 Å². The van der Waals surface area contributed by atoms with Crippen LogP contribution in [0.5, 0.6) is 0 Å². The minimum atomic E-state index is -0.109. The molecule has 0 aliphatic carbocycles. The van der Waals surface area contributed by atoms with E-state index in [1.54, 1.807) is 18.3 Å². The van der Waals surface area contributed by atoms with Crippen molar-refractivity contribution in [2.75, 3.05) is 43.9 Å². The zero-order chi connectivity index (χ0) is 18.5. The fraction of sp³-hybridized carbons (Fsp3) is 0.316. The Labute approximate surface area is 153 Å². The molecule has 0 saturated carbocycles. The number of carbonyl (C=O) groups excluding carboxylic acids is 2. The van der Waals surface area contributed by atoms with Crippen molar-refractivity contribution >= 4 is 29.0 Å². The first-order chi connectivity index (χ1) is 12.5. The van der Waals surface area contributed by atoms with Gasteiger partial charge < -0.3 is 20.4 Å². The summed E-state index contributed by atoms with van der Waals surface area (Å²) >= 11 is 0. The molecule has 1 aliphatic heterocycles. The number of pyridine rings is 1. The summed E-state index contributed by atoms with van der Waals surface area (Å²) in [6.45, 7) is 4.74. The summed E-state index contributed by atoms with van der Waals surface area (Å²) in [5.41, 5.74) is 2.19. The van der Waals surface area contributed by atoms with Gasteiger partial charge in [0.05, 0.1) is 0 Å². The van der Waals surface area contributed by atoms with Gasteiger partial charge in [0.25, 0.3) is 5.91 Å². The van der Waals surface area contributed by atoms with Gasteiger partial charge in [-0.1, -0.05) is 0 Å². The van der Waals surface area contributed by atoms with Crippen LogP contribution in [0, 0.1) is 0 Å². The van der Waals surface area contributed by atoms with Gasteiger partial charge >= 0.3 is 0 Å². The molecule has 1 aliphatic rings. The van der Waals surface area contributed by atoms with Crippen LogP contribution >= 0.6 is 0 Å². The molecule has 1 aromatic carbocycles. The van der Waals surface area contributed by atoms with E-state index in [2.05, 4.69) is 27.6 Å². The lowest BCUT2D eigenvalue weighted by Gasteiger charge is -2.32. The molecule has 2 N–H and O–H groups in total. The number of piperazine rings is 1. The average molecular weight is 353 g/mol. The number of likely N-dealkylation sites (N-methyl/N-ethyl adjacent to an activating group) is 1. The summed E-state index contributed by atoms with van der Waals surface area (Å²) in [5.74, 6) is 0.532. The number of amides is 2. The van der Waals surface area contributed by atoms with E-state index in [0.717, 1.165) is 37.6 Å². The Morgan fingerprint density at radius 1 is 1.00 bits per heavy atom. The monoisotopic (exact) mass is 353 g/mol. The lowest BCUT2D eigenvalue weighted by Crippen LogP contribution is -2.47. The van der Waals surface area contributed by atoms with Crippen LogP contribution in [0.2, 0.25) is 0 Å². The van der Waals surface area contributed by atoms with Gasteiger partial charge in [-0.15, -0.1) is 0 Å². The van der Waals surface area contributed by atoms with E-state index < -0.39 is 0 Å². The largest absolute Gasteiger partial charge is 0.340 e. The van der Waals surface area contributed by atoms with E-state index in [1.807, 2.05) is 29.2 Å². The zero-order valence-electron chi connectivity index (χ0n) is 15.0. The van der Waals surface area contributed by atoms with E-state index in [0.29, 0.717) is 11.4 Å². The molecule has 1 aromatic heterocycles. The van der Waals surface area contributed by atoms with Crippen LogP contribution in [-0.4, -0.2) is 59.8 Å². The van der Waals surface area contributed by atoms with E-state index >= 15 is 0 Å². The van der Waals surface area contributed by atoms with Gasteiger partial charge in [0.2, 0.25) is 5.91 Å². The van der Waals surface area contributed by atoms with Gasteiger partial charge in [-0.2, -0.15) is 0 Å². The normalized spacial score (nSPS) is 14.8. The summed E-state index contributed by atoms with van der Waals surface area (Å²) in [5, 5.41) is 5.91. The maximum atomic E-state index is 12.7. The van der Waals surface area contributed by atoms with Crippen molar-refractivity contribution in [1.82, 2.24) is 14.8 Å². The summed E-state index contributed by atoms with van der Waals surface area (Å²) in [6.07, 6.45) is 1.64. The average Bonchev–Trinajstić information content (AvgIpc) is 2.63. The molecule has 0 spiro atoms. The Morgan fingerprint density at radius 3 is 2.31 bits per heavy atom. The van der Waals surface area contributed by atoms with Crippen molar-refractivity contribution in [3.63, 3.8) is 0 Å². The van der Waals surface area contributed by atoms with Crippen molar-refractivity contribution in [3.05, 3.63) is 48.2 Å². The molecule has 0 bridgehead atoms. The maximum Gasteiger partial charge on any atom is 0.254 e. The van der Waals surface area contributed by atoms with Gasteiger partial charge in [0, 0.05) is 56.2 Å². The molecule has 7 heteroatoms. The second-order valence-electron chi connectivity index (χ2n) is 6.41. The van der Waals surface area contributed by atoms with Crippen LogP contribution in [0.4, 0.5) is 17.2 Å². The smallest absolute Gasteiger partial charge is 0.254 e. The van der Waals surface area contributed by atoms with Crippen LogP contribution in [0.3, 0.4) is 0 Å². The first-order valence-electron chi connectivity index (χ1n) is 8.60. The molecule has 2 amide bonds. The molecule has 1 saturated heterocycles. The molecule has 136 valence electrons. The Hall–Kier alpha value is -2.93. The maximum absolute atomic E-state index is 12.7. The number of nitrogens with zero attached hydrogens (tertiary/aromatic N) is 3.